The van der Waals surface area contributed by atoms with Gasteiger partial charge in [-0.1, -0.05) is 17.7 Å². The van der Waals surface area contributed by atoms with Crippen molar-refractivity contribution in [2.45, 2.75) is 13.3 Å². The lowest BCUT2D eigenvalue weighted by Crippen LogP contribution is -2.21. The van der Waals surface area contributed by atoms with Gasteiger partial charge in [-0.25, -0.2) is 4.79 Å². The number of carbonyl (C=O) groups is 3. The molecule has 2 aromatic carbocycles. The molecule has 140 valence electrons. The van der Waals surface area contributed by atoms with E-state index in [1.807, 2.05) is 6.92 Å². The van der Waals surface area contributed by atoms with Crippen molar-refractivity contribution < 1.29 is 19.1 Å². The zero-order valence-corrected chi connectivity index (χ0v) is 15.7. The number of hydrogen-bond acceptors (Lipinski definition) is 4. The maximum atomic E-state index is 12.4. The van der Waals surface area contributed by atoms with Crippen molar-refractivity contribution in [1.29, 1.82) is 0 Å². The summed E-state index contributed by atoms with van der Waals surface area (Å²) in [6.07, 6.45) is 0.498. The smallest absolute Gasteiger partial charge is 0.337 e. The Hall–Kier alpha value is -2.86. The van der Waals surface area contributed by atoms with Crippen molar-refractivity contribution >= 4 is 40.8 Å². The molecule has 2 amide bonds. The number of hydrogen-bond donors (Lipinski definition) is 2. The van der Waals surface area contributed by atoms with Crippen LogP contribution >= 0.6 is 11.6 Å². The highest BCUT2D eigenvalue weighted by molar-refractivity contribution is 6.31. The van der Waals surface area contributed by atoms with Crippen LogP contribution in [0.25, 0.3) is 0 Å². The number of esters is 1. The van der Waals surface area contributed by atoms with E-state index in [-0.39, 0.29) is 23.7 Å². The number of carbonyl (C=O) groups excluding carboxylic acids is 3. The van der Waals surface area contributed by atoms with E-state index in [4.69, 9.17) is 11.6 Å². The van der Waals surface area contributed by atoms with Gasteiger partial charge in [-0.15, -0.1) is 0 Å². The van der Waals surface area contributed by atoms with Gasteiger partial charge in [0, 0.05) is 16.4 Å². The highest BCUT2D eigenvalue weighted by atomic mass is 35.5. The molecule has 3 rings (SSSR count). The lowest BCUT2D eigenvalue weighted by Gasteiger charge is -2.09. The van der Waals surface area contributed by atoms with E-state index >= 15 is 0 Å². The van der Waals surface area contributed by atoms with E-state index in [0.29, 0.717) is 28.4 Å². The molecule has 2 unspecified atom stereocenters. The second-order valence-electron chi connectivity index (χ2n) is 6.41. The van der Waals surface area contributed by atoms with Gasteiger partial charge in [0.15, 0.2) is 0 Å². The third kappa shape index (κ3) is 4.28. The van der Waals surface area contributed by atoms with Crippen molar-refractivity contribution in [1.82, 2.24) is 0 Å². The van der Waals surface area contributed by atoms with Gasteiger partial charge >= 0.3 is 5.97 Å². The average molecular weight is 387 g/mol. The second-order valence-corrected chi connectivity index (χ2v) is 6.82. The first-order chi connectivity index (χ1) is 12.9. The molecule has 0 aromatic heterocycles. The Morgan fingerprint density at radius 3 is 2.26 bits per heavy atom. The molecule has 0 spiro atoms. The van der Waals surface area contributed by atoms with Crippen LogP contribution in [0.2, 0.25) is 5.02 Å². The van der Waals surface area contributed by atoms with Crippen molar-refractivity contribution in [3.8, 4) is 0 Å². The molecule has 0 saturated heterocycles. The molecule has 7 heteroatoms. The number of ether oxygens (including phenoxy) is 1. The fraction of sp³-hybridized carbons (Fsp3) is 0.250. The Bertz CT molecular complexity index is 895. The third-order valence-electron chi connectivity index (χ3n) is 4.56. The largest absolute Gasteiger partial charge is 0.465 e. The molecule has 0 bridgehead atoms. The number of rotatable bonds is 5. The van der Waals surface area contributed by atoms with Crippen LogP contribution in [-0.4, -0.2) is 24.9 Å². The summed E-state index contributed by atoms with van der Waals surface area (Å²) in [5.41, 5.74) is 2.40. The van der Waals surface area contributed by atoms with E-state index in [1.165, 1.54) is 7.11 Å². The van der Waals surface area contributed by atoms with Crippen molar-refractivity contribution in [3.63, 3.8) is 0 Å². The minimum Gasteiger partial charge on any atom is -0.465 e. The van der Waals surface area contributed by atoms with Gasteiger partial charge < -0.3 is 15.4 Å². The SMILES string of the molecule is COC(=O)c1ccc(NC(=O)C2CC2C(=O)Nc2cccc(Cl)c2C)cc1. The lowest BCUT2D eigenvalue weighted by atomic mass is 10.2. The molecule has 1 fully saturated rings. The average Bonchev–Trinajstić information content (AvgIpc) is 3.46. The van der Waals surface area contributed by atoms with Crippen molar-refractivity contribution in [2.24, 2.45) is 11.8 Å². The molecule has 2 atom stereocenters. The molecule has 0 aliphatic heterocycles. The lowest BCUT2D eigenvalue weighted by molar-refractivity contribution is -0.122. The van der Waals surface area contributed by atoms with Crippen molar-refractivity contribution in [3.05, 3.63) is 58.6 Å². The summed E-state index contributed by atoms with van der Waals surface area (Å²) in [6.45, 7) is 1.83. The maximum absolute atomic E-state index is 12.4. The molecule has 6 nitrogen and oxygen atoms in total. The first kappa shape index (κ1) is 18.9. The minimum absolute atomic E-state index is 0.193. The monoisotopic (exact) mass is 386 g/mol. The number of nitrogens with one attached hydrogen (secondary N) is 2. The Kier molecular flexibility index (Phi) is 5.46. The Morgan fingerprint density at radius 2 is 1.63 bits per heavy atom. The normalized spacial score (nSPS) is 17.7. The van der Waals surface area contributed by atoms with Crippen LogP contribution in [0, 0.1) is 18.8 Å². The van der Waals surface area contributed by atoms with Crippen LogP contribution < -0.4 is 10.6 Å². The topological polar surface area (TPSA) is 84.5 Å². The molecule has 2 aromatic rings. The maximum Gasteiger partial charge on any atom is 0.337 e. The second kappa shape index (κ2) is 7.80. The van der Waals surface area contributed by atoms with E-state index < -0.39 is 5.97 Å². The van der Waals surface area contributed by atoms with E-state index in [2.05, 4.69) is 15.4 Å². The van der Waals surface area contributed by atoms with Crippen LogP contribution in [0.1, 0.15) is 22.3 Å². The van der Waals surface area contributed by atoms with Crippen LogP contribution in [0.5, 0.6) is 0 Å². The minimum atomic E-state index is -0.442. The number of amides is 2. The molecule has 27 heavy (non-hydrogen) atoms. The van der Waals surface area contributed by atoms with Crippen LogP contribution in [0.3, 0.4) is 0 Å². The number of benzene rings is 2. The van der Waals surface area contributed by atoms with E-state index in [1.54, 1.807) is 42.5 Å². The summed E-state index contributed by atoms with van der Waals surface area (Å²) in [6, 6.07) is 11.7. The van der Waals surface area contributed by atoms with E-state index in [9.17, 15) is 14.4 Å². The van der Waals surface area contributed by atoms with Gasteiger partial charge in [0.05, 0.1) is 24.5 Å². The van der Waals surface area contributed by atoms with Gasteiger partial charge in [-0.05, 0) is 55.3 Å². The Morgan fingerprint density at radius 1 is 1.00 bits per heavy atom. The summed E-state index contributed by atoms with van der Waals surface area (Å²) in [5.74, 6) is -1.59. The molecular formula is C20H19ClN2O4. The summed E-state index contributed by atoms with van der Waals surface area (Å²) >= 11 is 6.06. The number of halogens is 1. The molecule has 0 radical (unpaired) electrons. The molecule has 1 aliphatic rings. The van der Waals surface area contributed by atoms with Crippen LogP contribution in [0.15, 0.2) is 42.5 Å². The fourth-order valence-corrected chi connectivity index (χ4v) is 2.96. The van der Waals surface area contributed by atoms with Gasteiger partial charge in [0.1, 0.15) is 0 Å². The molecular weight excluding hydrogens is 368 g/mol. The predicted molar refractivity (Wildman–Crippen MR) is 103 cm³/mol. The zero-order chi connectivity index (χ0) is 19.6. The van der Waals surface area contributed by atoms with Gasteiger partial charge in [-0.2, -0.15) is 0 Å². The summed E-state index contributed by atoms with van der Waals surface area (Å²) < 4.78 is 4.63. The van der Waals surface area contributed by atoms with Crippen LogP contribution in [0.4, 0.5) is 11.4 Å². The first-order valence-corrected chi connectivity index (χ1v) is 8.83. The standard InChI is InChI=1S/C20H19ClN2O4/c1-11-16(21)4-3-5-17(11)23-19(25)15-10-14(15)18(24)22-13-8-6-12(7-9-13)20(26)27-2/h3-9,14-15H,10H2,1-2H3,(H,22,24)(H,23,25). The molecule has 1 aliphatic carbocycles. The highest BCUT2D eigenvalue weighted by Gasteiger charge is 2.48. The van der Waals surface area contributed by atoms with E-state index in [0.717, 1.165) is 5.56 Å². The number of anilines is 2. The molecule has 1 saturated carbocycles. The zero-order valence-electron chi connectivity index (χ0n) is 14.9. The van der Waals surface area contributed by atoms with Crippen molar-refractivity contribution in [2.75, 3.05) is 17.7 Å². The third-order valence-corrected chi connectivity index (χ3v) is 4.97. The summed E-state index contributed by atoms with van der Waals surface area (Å²) in [7, 11) is 1.31. The van der Waals surface area contributed by atoms with Gasteiger partial charge in [-0.3, -0.25) is 9.59 Å². The Labute approximate surface area is 161 Å². The summed E-state index contributed by atoms with van der Waals surface area (Å²) in [5, 5.41) is 6.18. The first-order valence-electron chi connectivity index (χ1n) is 8.46. The van der Waals surface area contributed by atoms with Gasteiger partial charge in [0.25, 0.3) is 0 Å². The molecule has 0 heterocycles. The molecule has 2 N–H and O–H groups in total. The van der Waals surface area contributed by atoms with Crippen LogP contribution in [-0.2, 0) is 14.3 Å². The number of methoxy groups -OCH3 is 1. The van der Waals surface area contributed by atoms with Gasteiger partial charge in [0.2, 0.25) is 11.8 Å². The fourth-order valence-electron chi connectivity index (χ4n) is 2.79. The highest BCUT2D eigenvalue weighted by Crippen LogP contribution is 2.40. The predicted octanol–water partition coefficient (Wildman–Crippen LogP) is 3.65. The summed E-state index contributed by atoms with van der Waals surface area (Å²) in [4.78, 5) is 36.1. The Balaban J connectivity index is 1.56. The quantitative estimate of drug-likeness (QED) is 0.768.